The molecule has 0 bridgehead atoms. The molecule has 0 heterocycles. The molecular weight excluding hydrogens is 266 g/mol. The van der Waals surface area contributed by atoms with E-state index in [2.05, 4.69) is 11.4 Å². The summed E-state index contributed by atoms with van der Waals surface area (Å²) in [4.78, 5) is 0. The second-order valence-electron chi connectivity index (χ2n) is 5.39. The quantitative estimate of drug-likeness (QED) is 0.829. The van der Waals surface area contributed by atoms with Crippen LogP contribution in [0.25, 0.3) is 0 Å². The van der Waals surface area contributed by atoms with Crippen LogP contribution >= 0.6 is 0 Å². The Morgan fingerprint density at radius 3 is 2.57 bits per heavy atom. The van der Waals surface area contributed by atoms with Gasteiger partial charge in [0.15, 0.2) is 11.5 Å². The van der Waals surface area contributed by atoms with Crippen molar-refractivity contribution in [1.82, 2.24) is 0 Å². The van der Waals surface area contributed by atoms with Crippen LogP contribution < -0.4 is 14.8 Å². The first kappa shape index (κ1) is 16.0. The number of rotatable bonds is 7. The normalized spacial score (nSPS) is 21.9. The first-order valence-electron chi connectivity index (χ1n) is 7.95. The average molecular weight is 293 g/mol. The first-order chi connectivity index (χ1) is 10.3. The Balaban J connectivity index is 2.03. The Morgan fingerprint density at radius 1 is 1.10 bits per heavy atom. The van der Waals surface area contributed by atoms with Crippen molar-refractivity contribution in [3.8, 4) is 11.5 Å². The van der Waals surface area contributed by atoms with Crippen molar-refractivity contribution in [3.05, 3.63) is 18.2 Å². The summed E-state index contributed by atoms with van der Waals surface area (Å²) in [5.74, 6) is 1.62. The molecule has 4 nitrogen and oxygen atoms in total. The number of methoxy groups -OCH3 is 1. The Kier molecular flexibility index (Phi) is 6.18. The van der Waals surface area contributed by atoms with Crippen LogP contribution in [0.4, 0.5) is 5.69 Å². The zero-order valence-electron chi connectivity index (χ0n) is 13.4. The van der Waals surface area contributed by atoms with E-state index in [0.717, 1.165) is 23.6 Å². The molecule has 4 heteroatoms. The Labute approximate surface area is 127 Å². The molecule has 0 saturated heterocycles. The molecule has 1 aliphatic rings. The van der Waals surface area contributed by atoms with Gasteiger partial charge >= 0.3 is 0 Å². The van der Waals surface area contributed by atoms with Crippen LogP contribution in [-0.4, -0.2) is 32.5 Å². The Morgan fingerprint density at radius 2 is 1.86 bits per heavy atom. The van der Waals surface area contributed by atoms with E-state index < -0.39 is 0 Å². The van der Waals surface area contributed by atoms with E-state index >= 15 is 0 Å². The third-order valence-electron chi connectivity index (χ3n) is 3.87. The lowest BCUT2D eigenvalue weighted by molar-refractivity contribution is 0.0669. The summed E-state index contributed by atoms with van der Waals surface area (Å²) >= 11 is 0. The van der Waals surface area contributed by atoms with Gasteiger partial charge in [-0.05, 0) is 51.7 Å². The smallest absolute Gasteiger partial charge is 0.163 e. The second kappa shape index (κ2) is 8.13. The molecule has 1 fully saturated rings. The topological polar surface area (TPSA) is 39.7 Å². The molecule has 118 valence electrons. The van der Waals surface area contributed by atoms with E-state index in [0.29, 0.717) is 25.4 Å². The summed E-state index contributed by atoms with van der Waals surface area (Å²) < 4.78 is 16.8. The van der Waals surface area contributed by atoms with Crippen LogP contribution in [0.3, 0.4) is 0 Å². The molecule has 21 heavy (non-hydrogen) atoms. The van der Waals surface area contributed by atoms with Crippen molar-refractivity contribution in [2.24, 2.45) is 0 Å². The second-order valence-corrected chi connectivity index (χ2v) is 5.39. The highest BCUT2D eigenvalue weighted by Gasteiger charge is 2.21. The maximum absolute atomic E-state index is 5.67. The van der Waals surface area contributed by atoms with E-state index in [1.807, 2.05) is 26.0 Å². The lowest BCUT2D eigenvalue weighted by atomic mass is 9.92. The summed E-state index contributed by atoms with van der Waals surface area (Å²) in [6, 6.07) is 6.54. The number of hydrogen-bond acceptors (Lipinski definition) is 4. The minimum absolute atomic E-state index is 0.380. The molecule has 0 radical (unpaired) electrons. The van der Waals surface area contributed by atoms with Crippen molar-refractivity contribution in [3.63, 3.8) is 0 Å². The highest BCUT2D eigenvalue weighted by Crippen LogP contribution is 2.32. The number of ether oxygens (including phenoxy) is 3. The standard InChI is InChI=1S/C17H27NO3/c1-4-20-16-10-9-14(12-17(16)21-5-2)18-13-7-6-8-15(11-13)19-3/h9-10,12-13,15,18H,4-8,11H2,1-3H3. The van der Waals surface area contributed by atoms with Gasteiger partial charge < -0.3 is 19.5 Å². The molecule has 1 aromatic carbocycles. The van der Waals surface area contributed by atoms with Crippen LogP contribution in [0, 0.1) is 0 Å². The van der Waals surface area contributed by atoms with Crippen LogP contribution in [0.15, 0.2) is 18.2 Å². The van der Waals surface area contributed by atoms with Crippen molar-refractivity contribution >= 4 is 5.69 Å². The van der Waals surface area contributed by atoms with E-state index in [9.17, 15) is 0 Å². The molecule has 2 rings (SSSR count). The molecule has 2 atom stereocenters. The summed E-state index contributed by atoms with van der Waals surface area (Å²) in [5.41, 5.74) is 1.09. The largest absolute Gasteiger partial charge is 0.490 e. The number of benzene rings is 1. The van der Waals surface area contributed by atoms with Crippen LogP contribution in [0.2, 0.25) is 0 Å². The van der Waals surface area contributed by atoms with Gasteiger partial charge in [0.1, 0.15) is 0 Å². The predicted octanol–water partition coefficient (Wildman–Crippen LogP) is 3.85. The van der Waals surface area contributed by atoms with Crippen molar-refractivity contribution in [2.75, 3.05) is 25.6 Å². The lowest BCUT2D eigenvalue weighted by Crippen LogP contribution is -2.30. The van der Waals surface area contributed by atoms with Gasteiger partial charge in [-0.3, -0.25) is 0 Å². The summed E-state index contributed by atoms with van der Waals surface area (Å²) in [5, 5.41) is 3.60. The van der Waals surface area contributed by atoms with E-state index in [4.69, 9.17) is 14.2 Å². The van der Waals surface area contributed by atoms with Crippen LogP contribution in [0.5, 0.6) is 11.5 Å². The van der Waals surface area contributed by atoms with Crippen molar-refractivity contribution in [1.29, 1.82) is 0 Å². The van der Waals surface area contributed by atoms with Gasteiger partial charge in [0, 0.05) is 24.9 Å². The molecule has 0 aromatic heterocycles. The fourth-order valence-electron chi connectivity index (χ4n) is 2.87. The SMILES string of the molecule is CCOc1ccc(NC2CCCC(OC)C2)cc1OCC. The molecule has 2 unspecified atom stereocenters. The third kappa shape index (κ3) is 4.53. The van der Waals surface area contributed by atoms with Crippen molar-refractivity contribution < 1.29 is 14.2 Å². The predicted molar refractivity (Wildman–Crippen MR) is 85.5 cm³/mol. The third-order valence-corrected chi connectivity index (χ3v) is 3.87. The zero-order valence-corrected chi connectivity index (χ0v) is 13.4. The number of hydrogen-bond donors (Lipinski definition) is 1. The van der Waals surface area contributed by atoms with Gasteiger partial charge in [-0.2, -0.15) is 0 Å². The Bertz CT molecular complexity index is 436. The van der Waals surface area contributed by atoms with E-state index in [1.54, 1.807) is 7.11 Å². The molecule has 1 N–H and O–H groups in total. The van der Waals surface area contributed by atoms with Crippen LogP contribution in [0.1, 0.15) is 39.5 Å². The number of nitrogens with one attached hydrogen (secondary N) is 1. The molecule has 0 amide bonds. The molecule has 1 aromatic rings. The van der Waals surface area contributed by atoms with E-state index in [1.165, 1.54) is 19.3 Å². The van der Waals surface area contributed by atoms with Crippen LogP contribution in [-0.2, 0) is 4.74 Å². The molecule has 1 saturated carbocycles. The zero-order chi connectivity index (χ0) is 15.1. The highest BCUT2D eigenvalue weighted by atomic mass is 16.5. The fraction of sp³-hybridized carbons (Fsp3) is 0.647. The van der Waals surface area contributed by atoms with Gasteiger partial charge in [0.05, 0.1) is 19.3 Å². The summed E-state index contributed by atoms with van der Waals surface area (Å²) in [7, 11) is 1.80. The monoisotopic (exact) mass is 293 g/mol. The summed E-state index contributed by atoms with van der Waals surface area (Å²) in [6.45, 7) is 5.25. The Hall–Kier alpha value is -1.42. The van der Waals surface area contributed by atoms with Gasteiger partial charge in [-0.25, -0.2) is 0 Å². The van der Waals surface area contributed by atoms with Gasteiger partial charge in [-0.1, -0.05) is 0 Å². The molecule has 0 aliphatic heterocycles. The number of anilines is 1. The van der Waals surface area contributed by atoms with E-state index in [-0.39, 0.29) is 0 Å². The average Bonchev–Trinajstić information content (AvgIpc) is 2.50. The minimum atomic E-state index is 0.380. The van der Waals surface area contributed by atoms with Crippen molar-refractivity contribution in [2.45, 2.75) is 51.7 Å². The fourth-order valence-corrected chi connectivity index (χ4v) is 2.87. The minimum Gasteiger partial charge on any atom is -0.490 e. The van der Waals surface area contributed by atoms with Gasteiger partial charge in [0.25, 0.3) is 0 Å². The van der Waals surface area contributed by atoms with Gasteiger partial charge in [-0.15, -0.1) is 0 Å². The molecule has 0 spiro atoms. The van der Waals surface area contributed by atoms with Gasteiger partial charge in [0.2, 0.25) is 0 Å². The lowest BCUT2D eigenvalue weighted by Gasteiger charge is -2.29. The highest BCUT2D eigenvalue weighted by molar-refractivity contribution is 5.55. The molecular formula is C17H27NO3. The maximum Gasteiger partial charge on any atom is 0.163 e. The first-order valence-corrected chi connectivity index (χ1v) is 7.95. The summed E-state index contributed by atoms with van der Waals surface area (Å²) in [6.07, 6.45) is 5.02. The maximum atomic E-state index is 5.67. The molecule has 1 aliphatic carbocycles.